The van der Waals surface area contributed by atoms with Crippen molar-refractivity contribution < 1.29 is 4.79 Å². The largest absolute Gasteiger partial charge is 0.334 e. The molecule has 0 unspecified atom stereocenters. The van der Waals surface area contributed by atoms with Crippen molar-refractivity contribution in [3.05, 3.63) is 17.5 Å². The highest BCUT2D eigenvalue weighted by molar-refractivity contribution is 5.74. The molecule has 0 aromatic carbocycles. The summed E-state index contributed by atoms with van der Waals surface area (Å²) in [5.74, 6) is 0. The zero-order chi connectivity index (χ0) is 12.1. The molecule has 1 heterocycles. The Balaban J connectivity index is 2.51. The van der Waals surface area contributed by atoms with Crippen LogP contribution in [-0.4, -0.2) is 33.8 Å². The molecule has 16 heavy (non-hydrogen) atoms. The second-order valence-corrected chi connectivity index (χ2v) is 3.74. The Labute approximate surface area is 96.4 Å². The van der Waals surface area contributed by atoms with Gasteiger partial charge in [-0.2, -0.15) is 5.10 Å². The molecule has 0 aliphatic rings. The average Bonchev–Trinajstić information content (AvgIpc) is 2.56. The van der Waals surface area contributed by atoms with Gasteiger partial charge in [-0.3, -0.25) is 4.68 Å². The van der Waals surface area contributed by atoms with Crippen molar-refractivity contribution >= 4 is 6.03 Å². The van der Waals surface area contributed by atoms with E-state index >= 15 is 0 Å². The van der Waals surface area contributed by atoms with E-state index in [9.17, 15) is 4.79 Å². The maximum atomic E-state index is 11.7. The third kappa shape index (κ3) is 2.98. The maximum Gasteiger partial charge on any atom is 0.317 e. The van der Waals surface area contributed by atoms with Gasteiger partial charge in [0.2, 0.25) is 0 Å². The molecule has 1 N–H and O–H groups in total. The molecular weight excluding hydrogens is 204 g/mol. The molecule has 0 saturated carbocycles. The number of carbonyl (C=O) groups excluding carboxylic acids is 1. The minimum absolute atomic E-state index is 0.0201. The van der Waals surface area contributed by atoms with Crippen LogP contribution in [0.5, 0.6) is 0 Å². The molecule has 1 rings (SSSR count). The summed E-state index contributed by atoms with van der Waals surface area (Å²) in [5, 5.41) is 7.11. The second kappa shape index (κ2) is 5.53. The summed E-state index contributed by atoms with van der Waals surface area (Å²) < 4.78 is 1.76. The van der Waals surface area contributed by atoms with Crippen molar-refractivity contribution in [2.24, 2.45) is 7.05 Å². The standard InChI is InChI=1S/C11H20N4O/c1-5-15(6-2)11(16)12-7-10-8-14(4)13-9(10)3/h8H,5-7H2,1-4H3,(H,12,16). The van der Waals surface area contributed by atoms with Crippen LogP contribution in [0.3, 0.4) is 0 Å². The monoisotopic (exact) mass is 224 g/mol. The highest BCUT2D eigenvalue weighted by Gasteiger charge is 2.10. The minimum atomic E-state index is -0.0201. The van der Waals surface area contributed by atoms with E-state index in [1.165, 1.54) is 0 Å². The number of hydrogen-bond donors (Lipinski definition) is 1. The van der Waals surface area contributed by atoms with Gasteiger partial charge in [0.25, 0.3) is 0 Å². The number of amides is 2. The topological polar surface area (TPSA) is 50.2 Å². The minimum Gasteiger partial charge on any atom is -0.334 e. The smallest absolute Gasteiger partial charge is 0.317 e. The molecule has 0 fully saturated rings. The van der Waals surface area contributed by atoms with Crippen LogP contribution < -0.4 is 5.32 Å². The Morgan fingerprint density at radius 2 is 2.12 bits per heavy atom. The van der Waals surface area contributed by atoms with Gasteiger partial charge < -0.3 is 10.2 Å². The number of aromatic nitrogens is 2. The van der Waals surface area contributed by atoms with Crippen LogP contribution in [0.1, 0.15) is 25.1 Å². The van der Waals surface area contributed by atoms with Crippen molar-refractivity contribution in [3.63, 3.8) is 0 Å². The molecular formula is C11H20N4O. The van der Waals surface area contributed by atoms with Crippen LogP contribution in [0.2, 0.25) is 0 Å². The number of hydrogen-bond acceptors (Lipinski definition) is 2. The lowest BCUT2D eigenvalue weighted by Gasteiger charge is -2.18. The number of nitrogens with one attached hydrogen (secondary N) is 1. The highest BCUT2D eigenvalue weighted by Crippen LogP contribution is 2.04. The van der Waals surface area contributed by atoms with E-state index in [2.05, 4.69) is 10.4 Å². The van der Waals surface area contributed by atoms with Crippen LogP contribution in [0.4, 0.5) is 4.79 Å². The van der Waals surface area contributed by atoms with Crippen LogP contribution in [-0.2, 0) is 13.6 Å². The van der Waals surface area contributed by atoms with Crippen LogP contribution in [0, 0.1) is 6.92 Å². The van der Waals surface area contributed by atoms with Gasteiger partial charge in [-0.1, -0.05) is 0 Å². The third-order valence-electron chi connectivity index (χ3n) is 2.60. The summed E-state index contributed by atoms with van der Waals surface area (Å²) in [6, 6.07) is -0.0201. The molecule has 0 aliphatic heterocycles. The quantitative estimate of drug-likeness (QED) is 0.837. The first-order valence-corrected chi connectivity index (χ1v) is 5.60. The summed E-state index contributed by atoms with van der Waals surface area (Å²) in [7, 11) is 1.88. The summed E-state index contributed by atoms with van der Waals surface area (Å²) in [5.41, 5.74) is 2.02. The van der Waals surface area contributed by atoms with E-state index in [-0.39, 0.29) is 6.03 Å². The van der Waals surface area contributed by atoms with Gasteiger partial charge in [0.1, 0.15) is 0 Å². The Kier molecular flexibility index (Phi) is 4.34. The van der Waals surface area contributed by atoms with Gasteiger partial charge in [0, 0.05) is 38.4 Å². The molecule has 2 amide bonds. The van der Waals surface area contributed by atoms with E-state index in [1.807, 2.05) is 34.0 Å². The Bertz CT molecular complexity index is 355. The van der Waals surface area contributed by atoms with Gasteiger partial charge in [0.15, 0.2) is 0 Å². The molecule has 0 bridgehead atoms. The van der Waals surface area contributed by atoms with Gasteiger partial charge in [-0.15, -0.1) is 0 Å². The molecule has 0 aliphatic carbocycles. The molecule has 5 heteroatoms. The predicted octanol–water partition coefficient (Wildman–Crippen LogP) is 1.28. The lowest BCUT2D eigenvalue weighted by atomic mass is 10.3. The fraction of sp³-hybridized carbons (Fsp3) is 0.636. The molecule has 5 nitrogen and oxygen atoms in total. The Morgan fingerprint density at radius 3 is 2.56 bits per heavy atom. The lowest BCUT2D eigenvalue weighted by molar-refractivity contribution is 0.203. The molecule has 90 valence electrons. The Morgan fingerprint density at radius 1 is 1.50 bits per heavy atom. The zero-order valence-electron chi connectivity index (χ0n) is 10.4. The predicted molar refractivity (Wildman–Crippen MR) is 63.1 cm³/mol. The van der Waals surface area contributed by atoms with Crippen LogP contribution in [0.25, 0.3) is 0 Å². The van der Waals surface area contributed by atoms with Crippen molar-refractivity contribution in [2.75, 3.05) is 13.1 Å². The third-order valence-corrected chi connectivity index (χ3v) is 2.60. The fourth-order valence-electron chi connectivity index (χ4n) is 1.62. The van der Waals surface area contributed by atoms with Gasteiger partial charge in [0.05, 0.1) is 5.69 Å². The van der Waals surface area contributed by atoms with E-state index < -0.39 is 0 Å². The summed E-state index contributed by atoms with van der Waals surface area (Å²) in [6.07, 6.45) is 1.93. The first-order valence-electron chi connectivity index (χ1n) is 5.60. The zero-order valence-corrected chi connectivity index (χ0v) is 10.4. The van der Waals surface area contributed by atoms with Gasteiger partial charge in [-0.25, -0.2) is 4.79 Å². The van der Waals surface area contributed by atoms with Crippen molar-refractivity contribution in [3.8, 4) is 0 Å². The van der Waals surface area contributed by atoms with Crippen LogP contribution in [0.15, 0.2) is 6.20 Å². The molecule has 0 saturated heterocycles. The molecule has 1 aromatic heterocycles. The van der Waals surface area contributed by atoms with E-state index in [0.29, 0.717) is 6.54 Å². The molecule has 0 atom stereocenters. The highest BCUT2D eigenvalue weighted by atomic mass is 16.2. The first-order chi connectivity index (χ1) is 7.58. The molecule has 0 spiro atoms. The lowest BCUT2D eigenvalue weighted by Crippen LogP contribution is -2.39. The number of carbonyl (C=O) groups is 1. The maximum absolute atomic E-state index is 11.7. The van der Waals surface area contributed by atoms with Gasteiger partial charge in [-0.05, 0) is 20.8 Å². The number of nitrogens with zero attached hydrogens (tertiary/aromatic N) is 3. The molecule has 1 aromatic rings. The van der Waals surface area contributed by atoms with Crippen molar-refractivity contribution in [2.45, 2.75) is 27.3 Å². The number of urea groups is 1. The van der Waals surface area contributed by atoms with Crippen LogP contribution >= 0.6 is 0 Å². The van der Waals surface area contributed by atoms with E-state index in [4.69, 9.17) is 0 Å². The SMILES string of the molecule is CCN(CC)C(=O)NCc1cn(C)nc1C. The average molecular weight is 224 g/mol. The summed E-state index contributed by atoms with van der Waals surface area (Å²) in [4.78, 5) is 13.4. The molecule has 0 radical (unpaired) electrons. The fourth-order valence-corrected chi connectivity index (χ4v) is 1.62. The van der Waals surface area contributed by atoms with E-state index in [0.717, 1.165) is 24.3 Å². The normalized spacial score (nSPS) is 10.2. The van der Waals surface area contributed by atoms with Crippen molar-refractivity contribution in [1.29, 1.82) is 0 Å². The van der Waals surface area contributed by atoms with Gasteiger partial charge >= 0.3 is 6.03 Å². The summed E-state index contributed by atoms with van der Waals surface area (Å²) >= 11 is 0. The Hall–Kier alpha value is -1.52. The van der Waals surface area contributed by atoms with E-state index in [1.54, 1.807) is 9.58 Å². The summed E-state index contributed by atoms with van der Waals surface area (Å²) in [6.45, 7) is 7.88. The number of rotatable bonds is 4. The number of aryl methyl sites for hydroxylation is 2. The first kappa shape index (κ1) is 12.5. The second-order valence-electron chi connectivity index (χ2n) is 3.74. The van der Waals surface area contributed by atoms with Crippen molar-refractivity contribution in [1.82, 2.24) is 20.0 Å².